The van der Waals surface area contributed by atoms with Gasteiger partial charge in [-0.05, 0) is 79.8 Å². The second kappa shape index (κ2) is 8.79. The van der Waals surface area contributed by atoms with E-state index in [1.54, 1.807) is 54.6 Å². The van der Waals surface area contributed by atoms with Gasteiger partial charge in [-0.25, -0.2) is 14.6 Å². The molecule has 1 atom stereocenters. The van der Waals surface area contributed by atoms with Crippen LogP contribution in [0.5, 0.6) is 0 Å². The number of carbonyl (C=O) groups is 3. The maximum atomic E-state index is 13.6. The molecule has 0 bridgehead atoms. The van der Waals surface area contributed by atoms with E-state index >= 15 is 0 Å². The van der Waals surface area contributed by atoms with Gasteiger partial charge in [0.15, 0.2) is 0 Å². The molecule has 0 spiro atoms. The number of carbonyl (C=O) groups excluding carboxylic acids is 3. The molecule has 0 N–H and O–H groups in total. The molecule has 3 aromatic rings. The molecule has 1 fully saturated rings. The Kier molecular flexibility index (Phi) is 5.75. The zero-order valence-corrected chi connectivity index (χ0v) is 20.9. The number of hydrogen-bond acceptors (Lipinski definition) is 4. The number of imide groups is 2. The first-order valence-electron chi connectivity index (χ1n) is 12.1. The van der Waals surface area contributed by atoms with Crippen molar-refractivity contribution in [2.45, 2.75) is 38.6 Å². The minimum atomic E-state index is -0.692. The Morgan fingerprint density at radius 2 is 1.33 bits per heavy atom. The summed E-state index contributed by atoms with van der Waals surface area (Å²) in [6.07, 6.45) is 2.60. The standard InChI is InChI=1S/C30H29N3O3/c1-20-19-30(2,3)31(4)26-16-15-21(17-24(20)26)18-25-27(34)32(22-11-7-5-8-12-22)29(36)33(28(25)35)23-13-9-6-10-14-23/h5-18,20H,19H2,1-4H3. The topological polar surface area (TPSA) is 60.9 Å². The summed E-state index contributed by atoms with van der Waals surface area (Å²) in [6.45, 7) is 6.67. The average Bonchev–Trinajstić information content (AvgIpc) is 2.86. The first kappa shape index (κ1) is 23.5. The molecule has 0 radical (unpaired) electrons. The van der Waals surface area contributed by atoms with Crippen molar-refractivity contribution in [2.24, 2.45) is 0 Å². The Labute approximate surface area is 211 Å². The molecule has 0 aromatic heterocycles. The Morgan fingerprint density at radius 3 is 1.86 bits per heavy atom. The number of amides is 4. The molecule has 2 aliphatic rings. The molecule has 5 rings (SSSR count). The van der Waals surface area contributed by atoms with Gasteiger partial charge in [-0.2, -0.15) is 0 Å². The number of urea groups is 1. The molecule has 1 saturated heterocycles. The lowest BCUT2D eigenvalue weighted by molar-refractivity contribution is -0.121. The highest BCUT2D eigenvalue weighted by Crippen LogP contribution is 2.43. The van der Waals surface area contributed by atoms with Crippen molar-refractivity contribution in [3.05, 3.63) is 95.6 Å². The van der Waals surface area contributed by atoms with Crippen LogP contribution in [0.4, 0.5) is 21.9 Å². The first-order chi connectivity index (χ1) is 17.2. The number of nitrogens with zero attached hydrogens (tertiary/aromatic N) is 3. The number of fused-ring (bicyclic) bond motifs is 1. The minimum Gasteiger partial charge on any atom is -0.369 e. The van der Waals surface area contributed by atoms with Crippen molar-refractivity contribution in [1.29, 1.82) is 0 Å². The van der Waals surface area contributed by atoms with E-state index in [1.165, 1.54) is 5.56 Å². The molecule has 4 amide bonds. The van der Waals surface area contributed by atoms with Crippen LogP contribution >= 0.6 is 0 Å². The number of benzene rings is 3. The summed E-state index contributed by atoms with van der Waals surface area (Å²) in [7, 11) is 2.10. The third-order valence-corrected chi connectivity index (χ3v) is 7.25. The molecule has 2 aliphatic heterocycles. The Balaban J connectivity index is 1.62. The van der Waals surface area contributed by atoms with Crippen LogP contribution in [0.2, 0.25) is 0 Å². The Morgan fingerprint density at radius 1 is 0.806 bits per heavy atom. The van der Waals surface area contributed by atoms with Crippen molar-refractivity contribution < 1.29 is 14.4 Å². The number of barbiturate groups is 1. The number of rotatable bonds is 3. The Hall–Kier alpha value is -4.19. The molecule has 0 saturated carbocycles. The second-order valence-electron chi connectivity index (χ2n) is 10.1. The highest BCUT2D eigenvalue weighted by atomic mass is 16.2. The van der Waals surface area contributed by atoms with E-state index in [1.807, 2.05) is 24.3 Å². The van der Waals surface area contributed by atoms with Crippen LogP contribution in [0.25, 0.3) is 6.08 Å². The summed E-state index contributed by atoms with van der Waals surface area (Å²) < 4.78 is 0. The fourth-order valence-corrected chi connectivity index (χ4v) is 5.19. The van der Waals surface area contributed by atoms with Crippen LogP contribution in [0, 0.1) is 0 Å². The molecule has 2 heterocycles. The highest BCUT2D eigenvalue weighted by Gasteiger charge is 2.43. The Bertz CT molecular complexity index is 1320. The molecular formula is C30H29N3O3. The SMILES string of the molecule is CC1CC(C)(C)N(C)c2ccc(C=C3C(=O)N(c4ccccc4)C(=O)N(c4ccccc4)C3=O)cc21. The van der Waals surface area contributed by atoms with E-state index in [0.29, 0.717) is 17.3 Å². The van der Waals surface area contributed by atoms with Gasteiger partial charge in [0.05, 0.1) is 11.4 Å². The third kappa shape index (κ3) is 3.88. The van der Waals surface area contributed by atoms with E-state index < -0.39 is 17.8 Å². The molecule has 1 unspecified atom stereocenters. The summed E-state index contributed by atoms with van der Waals surface area (Å²) in [6, 6.07) is 22.7. The lowest BCUT2D eigenvalue weighted by Crippen LogP contribution is -2.57. The predicted octanol–water partition coefficient (Wildman–Crippen LogP) is 5.99. The van der Waals surface area contributed by atoms with Crippen molar-refractivity contribution in [3.63, 3.8) is 0 Å². The van der Waals surface area contributed by atoms with E-state index in [2.05, 4.69) is 38.8 Å². The summed E-state index contributed by atoms with van der Waals surface area (Å²) in [5, 5.41) is 0. The van der Waals surface area contributed by atoms with Crippen LogP contribution in [0.3, 0.4) is 0 Å². The van der Waals surface area contributed by atoms with Crippen LogP contribution in [0.15, 0.2) is 84.4 Å². The lowest BCUT2D eigenvalue weighted by atomic mass is 9.80. The van der Waals surface area contributed by atoms with Gasteiger partial charge in [0.1, 0.15) is 5.57 Å². The molecule has 36 heavy (non-hydrogen) atoms. The molecule has 3 aromatic carbocycles. The van der Waals surface area contributed by atoms with Gasteiger partial charge in [0.2, 0.25) is 0 Å². The van der Waals surface area contributed by atoms with Crippen molar-refractivity contribution in [3.8, 4) is 0 Å². The molecular weight excluding hydrogens is 450 g/mol. The van der Waals surface area contributed by atoms with E-state index in [9.17, 15) is 14.4 Å². The maximum absolute atomic E-state index is 13.6. The van der Waals surface area contributed by atoms with Crippen LogP contribution in [-0.4, -0.2) is 30.4 Å². The van der Waals surface area contributed by atoms with Gasteiger partial charge in [0, 0.05) is 18.3 Å². The fraction of sp³-hybridized carbons (Fsp3) is 0.233. The highest BCUT2D eigenvalue weighted by molar-refractivity contribution is 6.46. The number of para-hydroxylation sites is 2. The van der Waals surface area contributed by atoms with Crippen molar-refractivity contribution in [1.82, 2.24) is 0 Å². The number of anilines is 3. The van der Waals surface area contributed by atoms with Gasteiger partial charge in [0.25, 0.3) is 11.8 Å². The van der Waals surface area contributed by atoms with Gasteiger partial charge in [-0.1, -0.05) is 49.4 Å². The third-order valence-electron chi connectivity index (χ3n) is 7.25. The zero-order valence-electron chi connectivity index (χ0n) is 20.9. The van der Waals surface area contributed by atoms with Crippen molar-refractivity contribution in [2.75, 3.05) is 21.7 Å². The van der Waals surface area contributed by atoms with Crippen LogP contribution < -0.4 is 14.7 Å². The maximum Gasteiger partial charge on any atom is 0.343 e. The van der Waals surface area contributed by atoms with Crippen molar-refractivity contribution >= 4 is 41.0 Å². The fourth-order valence-electron chi connectivity index (χ4n) is 5.19. The first-order valence-corrected chi connectivity index (χ1v) is 12.1. The van der Waals surface area contributed by atoms with Gasteiger partial charge < -0.3 is 4.90 Å². The van der Waals surface area contributed by atoms with Gasteiger partial charge in [-0.3, -0.25) is 9.59 Å². The summed E-state index contributed by atoms with van der Waals surface area (Å²) in [5.41, 5.74) is 3.88. The number of hydrogen-bond donors (Lipinski definition) is 0. The van der Waals surface area contributed by atoms with Crippen LogP contribution in [-0.2, 0) is 9.59 Å². The lowest BCUT2D eigenvalue weighted by Gasteiger charge is -2.45. The average molecular weight is 480 g/mol. The molecule has 182 valence electrons. The smallest absolute Gasteiger partial charge is 0.343 e. The normalized spacial score (nSPS) is 19.4. The van der Waals surface area contributed by atoms with E-state index in [4.69, 9.17) is 0 Å². The molecule has 0 aliphatic carbocycles. The minimum absolute atomic E-state index is 0.0361. The molecule has 6 heteroatoms. The van der Waals surface area contributed by atoms with Crippen LogP contribution in [0.1, 0.15) is 44.2 Å². The van der Waals surface area contributed by atoms with E-state index in [-0.39, 0.29) is 11.1 Å². The zero-order chi connectivity index (χ0) is 25.6. The second-order valence-corrected chi connectivity index (χ2v) is 10.1. The summed E-state index contributed by atoms with van der Waals surface area (Å²) >= 11 is 0. The largest absolute Gasteiger partial charge is 0.369 e. The monoisotopic (exact) mass is 479 g/mol. The predicted molar refractivity (Wildman–Crippen MR) is 143 cm³/mol. The molecule has 6 nitrogen and oxygen atoms in total. The quantitative estimate of drug-likeness (QED) is 0.342. The van der Waals surface area contributed by atoms with Gasteiger partial charge >= 0.3 is 6.03 Å². The van der Waals surface area contributed by atoms with E-state index in [0.717, 1.165) is 27.5 Å². The van der Waals surface area contributed by atoms with Gasteiger partial charge in [-0.15, -0.1) is 0 Å². The summed E-state index contributed by atoms with van der Waals surface area (Å²) in [5.74, 6) is -0.940. The summed E-state index contributed by atoms with van der Waals surface area (Å²) in [4.78, 5) is 45.1.